The standard InChI is InChI=1S/C37H22O2/c38-37-30-19-9-8-18-29(30)34-32(25-13-2-1-3-14-25)31-22-21-24-12-5-7-17-27(24)33(31)35(36(34)39-37)28-20-10-15-23-11-4-6-16-26(23)28/h1-22H. The van der Waals surface area contributed by atoms with Gasteiger partial charge in [0, 0.05) is 27.3 Å². The van der Waals surface area contributed by atoms with Gasteiger partial charge in [0.05, 0.1) is 5.39 Å². The van der Waals surface area contributed by atoms with Crippen LogP contribution < -0.4 is 5.63 Å². The second-order valence-corrected chi connectivity index (χ2v) is 9.99. The maximum absolute atomic E-state index is 13.5. The van der Waals surface area contributed by atoms with E-state index in [0.717, 1.165) is 65.3 Å². The number of hydrogen-bond donors (Lipinski definition) is 0. The van der Waals surface area contributed by atoms with Crippen molar-refractivity contribution >= 4 is 54.1 Å². The van der Waals surface area contributed by atoms with Gasteiger partial charge in [0.1, 0.15) is 5.58 Å². The van der Waals surface area contributed by atoms with Crippen LogP contribution in [0.4, 0.5) is 0 Å². The van der Waals surface area contributed by atoms with Gasteiger partial charge >= 0.3 is 5.63 Å². The Kier molecular flexibility index (Phi) is 4.71. The zero-order valence-electron chi connectivity index (χ0n) is 21.0. The average molecular weight is 499 g/mol. The fraction of sp³-hybridized carbons (Fsp3) is 0. The molecule has 0 saturated carbocycles. The van der Waals surface area contributed by atoms with E-state index in [9.17, 15) is 4.79 Å². The summed E-state index contributed by atoms with van der Waals surface area (Å²) in [4.78, 5) is 13.5. The van der Waals surface area contributed by atoms with Crippen LogP contribution in [-0.4, -0.2) is 0 Å². The Balaban J connectivity index is 1.75. The molecule has 182 valence electrons. The minimum absolute atomic E-state index is 0.321. The molecule has 0 aliphatic heterocycles. The van der Waals surface area contributed by atoms with Gasteiger partial charge in [0.15, 0.2) is 0 Å². The molecular formula is C37H22O2. The van der Waals surface area contributed by atoms with Crippen LogP contribution in [0.2, 0.25) is 0 Å². The largest absolute Gasteiger partial charge is 0.422 e. The van der Waals surface area contributed by atoms with E-state index in [4.69, 9.17) is 4.42 Å². The molecule has 1 heterocycles. The van der Waals surface area contributed by atoms with E-state index in [1.807, 2.05) is 30.3 Å². The van der Waals surface area contributed by atoms with Gasteiger partial charge in [-0.2, -0.15) is 0 Å². The highest BCUT2D eigenvalue weighted by atomic mass is 16.4. The Labute approximate surface area is 224 Å². The first-order chi connectivity index (χ1) is 19.3. The molecule has 2 nitrogen and oxygen atoms in total. The van der Waals surface area contributed by atoms with E-state index in [2.05, 4.69) is 103 Å². The number of benzene rings is 7. The Morgan fingerprint density at radius 2 is 1.03 bits per heavy atom. The molecule has 2 heteroatoms. The predicted octanol–water partition coefficient (Wildman–Crippen LogP) is 9.74. The van der Waals surface area contributed by atoms with E-state index < -0.39 is 0 Å². The summed E-state index contributed by atoms with van der Waals surface area (Å²) in [6.45, 7) is 0. The van der Waals surface area contributed by atoms with Crippen LogP contribution in [0.3, 0.4) is 0 Å². The van der Waals surface area contributed by atoms with Crippen molar-refractivity contribution in [2.24, 2.45) is 0 Å². The molecule has 8 rings (SSSR count). The molecule has 0 bridgehead atoms. The van der Waals surface area contributed by atoms with Gasteiger partial charge in [0.25, 0.3) is 0 Å². The van der Waals surface area contributed by atoms with Gasteiger partial charge in [-0.1, -0.05) is 127 Å². The third-order valence-corrected chi connectivity index (χ3v) is 7.88. The first-order valence-corrected chi connectivity index (χ1v) is 13.2. The molecule has 8 aromatic rings. The average Bonchev–Trinajstić information content (AvgIpc) is 3.00. The molecule has 1 aromatic heterocycles. The van der Waals surface area contributed by atoms with Crippen molar-refractivity contribution in [3.8, 4) is 22.3 Å². The summed E-state index contributed by atoms with van der Waals surface area (Å²) in [7, 11) is 0. The summed E-state index contributed by atoms with van der Waals surface area (Å²) in [6, 6.07) is 45.9. The lowest BCUT2D eigenvalue weighted by Gasteiger charge is -2.20. The molecule has 0 fully saturated rings. The molecule has 0 aliphatic carbocycles. The Morgan fingerprint density at radius 1 is 0.410 bits per heavy atom. The Hall–Kier alpha value is -5.21. The molecule has 0 radical (unpaired) electrons. The molecule has 39 heavy (non-hydrogen) atoms. The Morgan fingerprint density at radius 3 is 1.82 bits per heavy atom. The van der Waals surface area contributed by atoms with Crippen molar-refractivity contribution in [3.05, 3.63) is 144 Å². The summed E-state index contributed by atoms with van der Waals surface area (Å²) in [5, 5.41) is 9.22. The van der Waals surface area contributed by atoms with Gasteiger partial charge < -0.3 is 4.42 Å². The SMILES string of the molecule is O=c1oc2c(-c3cccc4ccccc34)c3c(ccc4ccccc43)c(-c3ccccc3)c2c2ccccc12. The summed E-state index contributed by atoms with van der Waals surface area (Å²) < 4.78 is 6.37. The molecule has 0 atom stereocenters. The van der Waals surface area contributed by atoms with Gasteiger partial charge in [-0.3, -0.25) is 0 Å². The minimum Gasteiger partial charge on any atom is -0.422 e. The molecule has 7 aromatic carbocycles. The van der Waals surface area contributed by atoms with Crippen LogP contribution in [0, 0.1) is 0 Å². The van der Waals surface area contributed by atoms with Crippen molar-refractivity contribution in [2.45, 2.75) is 0 Å². The summed E-state index contributed by atoms with van der Waals surface area (Å²) in [6.07, 6.45) is 0. The predicted molar refractivity (Wildman–Crippen MR) is 163 cm³/mol. The number of fused-ring (bicyclic) bond motifs is 7. The lowest BCUT2D eigenvalue weighted by Crippen LogP contribution is -2.02. The van der Waals surface area contributed by atoms with Crippen molar-refractivity contribution in [2.75, 3.05) is 0 Å². The van der Waals surface area contributed by atoms with E-state index in [-0.39, 0.29) is 5.63 Å². The first-order valence-electron chi connectivity index (χ1n) is 13.2. The molecule has 0 amide bonds. The third kappa shape index (κ3) is 3.19. The molecule has 0 N–H and O–H groups in total. The van der Waals surface area contributed by atoms with Crippen LogP contribution in [0.25, 0.3) is 76.3 Å². The van der Waals surface area contributed by atoms with Crippen LogP contribution in [0.15, 0.2) is 143 Å². The summed E-state index contributed by atoms with van der Waals surface area (Å²) >= 11 is 0. The highest BCUT2D eigenvalue weighted by molar-refractivity contribution is 6.31. The summed E-state index contributed by atoms with van der Waals surface area (Å²) in [5.41, 5.74) is 4.48. The lowest BCUT2D eigenvalue weighted by molar-refractivity contribution is 0.571. The fourth-order valence-corrected chi connectivity index (χ4v) is 6.23. The lowest BCUT2D eigenvalue weighted by atomic mass is 9.84. The zero-order chi connectivity index (χ0) is 25.9. The quantitative estimate of drug-likeness (QED) is 0.135. The second kappa shape index (κ2) is 8.41. The first kappa shape index (κ1) is 21.8. The molecular weight excluding hydrogens is 476 g/mol. The number of rotatable bonds is 2. The van der Waals surface area contributed by atoms with Crippen LogP contribution in [0.5, 0.6) is 0 Å². The molecule has 0 unspecified atom stereocenters. The maximum Gasteiger partial charge on any atom is 0.344 e. The molecule has 0 saturated heterocycles. The molecule has 0 spiro atoms. The zero-order valence-corrected chi connectivity index (χ0v) is 21.0. The van der Waals surface area contributed by atoms with Crippen LogP contribution in [0.1, 0.15) is 0 Å². The van der Waals surface area contributed by atoms with E-state index >= 15 is 0 Å². The fourth-order valence-electron chi connectivity index (χ4n) is 6.23. The van der Waals surface area contributed by atoms with Crippen molar-refractivity contribution in [3.63, 3.8) is 0 Å². The van der Waals surface area contributed by atoms with Crippen molar-refractivity contribution < 1.29 is 4.42 Å². The monoisotopic (exact) mass is 498 g/mol. The second-order valence-electron chi connectivity index (χ2n) is 9.99. The van der Waals surface area contributed by atoms with Crippen LogP contribution in [-0.2, 0) is 0 Å². The van der Waals surface area contributed by atoms with Gasteiger partial charge in [-0.25, -0.2) is 4.79 Å². The van der Waals surface area contributed by atoms with Gasteiger partial charge in [-0.15, -0.1) is 0 Å². The molecule has 0 aliphatic rings. The van der Waals surface area contributed by atoms with Crippen molar-refractivity contribution in [1.82, 2.24) is 0 Å². The summed E-state index contributed by atoms with van der Waals surface area (Å²) in [5.74, 6) is 0. The van der Waals surface area contributed by atoms with Gasteiger partial charge in [-0.05, 0) is 44.1 Å². The highest BCUT2D eigenvalue weighted by Crippen LogP contribution is 2.48. The normalized spacial score (nSPS) is 11.7. The van der Waals surface area contributed by atoms with Crippen molar-refractivity contribution in [1.29, 1.82) is 0 Å². The number of hydrogen-bond acceptors (Lipinski definition) is 2. The smallest absolute Gasteiger partial charge is 0.344 e. The maximum atomic E-state index is 13.5. The topological polar surface area (TPSA) is 30.2 Å². The minimum atomic E-state index is -0.321. The van der Waals surface area contributed by atoms with E-state index in [1.165, 1.54) is 0 Å². The van der Waals surface area contributed by atoms with E-state index in [1.54, 1.807) is 0 Å². The van der Waals surface area contributed by atoms with Crippen LogP contribution >= 0.6 is 0 Å². The Bertz CT molecular complexity index is 2290. The van der Waals surface area contributed by atoms with E-state index in [0.29, 0.717) is 11.0 Å². The van der Waals surface area contributed by atoms with Gasteiger partial charge in [0.2, 0.25) is 0 Å². The third-order valence-electron chi connectivity index (χ3n) is 7.88. The highest BCUT2D eigenvalue weighted by Gasteiger charge is 2.23.